The second kappa shape index (κ2) is 16.0. The smallest absolute Gasteiger partial charge is 0.264 e. The molecule has 0 radical (unpaired) electrons. The zero-order valence-corrected chi connectivity index (χ0v) is 28.2. The monoisotopic (exact) mass is 681 g/mol. The second-order valence-corrected chi connectivity index (χ2v) is 13.5. The lowest BCUT2D eigenvalue weighted by molar-refractivity contribution is -0.140. The quantitative estimate of drug-likeness (QED) is 0.159. The molecule has 0 bridgehead atoms. The van der Waals surface area contributed by atoms with E-state index in [4.69, 9.17) is 27.9 Å². The number of nitrogens with one attached hydrogen (secondary N) is 1. The number of halogens is 2. The van der Waals surface area contributed by atoms with Crippen molar-refractivity contribution in [2.45, 2.75) is 50.2 Å². The standard InChI is InChI=1S/C35H37Cl2N3O5S/c1-4-25(2)38-35(42)32(21-26-13-7-5-8-14-26)39(23-27-15-11-12-18-30(27)36)34(41)24-40(28-19-20-33(45-3)31(37)22-28)46(43,44)29-16-9-6-10-17-29/h5-20,22,25,32H,4,21,23-24H2,1-3H3,(H,38,42)/t25-,32+/m0/s1. The predicted octanol–water partition coefficient (Wildman–Crippen LogP) is 6.75. The first-order valence-corrected chi connectivity index (χ1v) is 17.0. The first-order valence-electron chi connectivity index (χ1n) is 14.8. The van der Waals surface area contributed by atoms with Gasteiger partial charge in [0.05, 0.1) is 22.7 Å². The topological polar surface area (TPSA) is 96.0 Å². The van der Waals surface area contributed by atoms with E-state index in [2.05, 4.69) is 5.32 Å². The number of anilines is 1. The molecule has 242 valence electrons. The Kier molecular flexibility index (Phi) is 12.1. The summed E-state index contributed by atoms with van der Waals surface area (Å²) in [5, 5.41) is 3.60. The summed E-state index contributed by atoms with van der Waals surface area (Å²) < 4.78 is 34.5. The van der Waals surface area contributed by atoms with E-state index in [1.807, 2.05) is 44.2 Å². The molecule has 0 aliphatic heterocycles. The van der Waals surface area contributed by atoms with Crippen molar-refractivity contribution < 1.29 is 22.7 Å². The van der Waals surface area contributed by atoms with Crippen molar-refractivity contribution in [3.63, 3.8) is 0 Å². The molecule has 46 heavy (non-hydrogen) atoms. The van der Waals surface area contributed by atoms with Gasteiger partial charge in [-0.1, -0.05) is 96.9 Å². The van der Waals surface area contributed by atoms with Crippen LogP contribution < -0.4 is 14.4 Å². The largest absolute Gasteiger partial charge is 0.495 e. The summed E-state index contributed by atoms with van der Waals surface area (Å²) in [7, 11) is -2.82. The van der Waals surface area contributed by atoms with Crippen LogP contribution >= 0.6 is 23.2 Å². The third-order valence-electron chi connectivity index (χ3n) is 7.60. The van der Waals surface area contributed by atoms with Crippen LogP contribution in [-0.2, 0) is 32.6 Å². The molecule has 0 aliphatic carbocycles. The molecule has 4 rings (SSSR count). The number of nitrogens with zero attached hydrogens (tertiary/aromatic N) is 2. The molecule has 0 aromatic heterocycles. The number of hydrogen-bond donors (Lipinski definition) is 1. The average Bonchev–Trinajstić information content (AvgIpc) is 3.06. The van der Waals surface area contributed by atoms with Crippen LogP contribution in [0.1, 0.15) is 31.4 Å². The average molecular weight is 683 g/mol. The van der Waals surface area contributed by atoms with Gasteiger partial charge in [-0.15, -0.1) is 0 Å². The Morgan fingerprint density at radius 1 is 0.870 bits per heavy atom. The number of methoxy groups -OCH3 is 1. The van der Waals surface area contributed by atoms with Gasteiger partial charge in [-0.3, -0.25) is 13.9 Å². The van der Waals surface area contributed by atoms with Gasteiger partial charge < -0.3 is 15.0 Å². The van der Waals surface area contributed by atoms with E-state index in [9.17, 15) is 18.0 Å². The minimum absolute atomic E-state index is 0.0113. The number of rotatable bonds is 14. The molecular formula is C35H37Cl2N3O5S. The molecule has 0 spiro atoms. The molecule has 4 aromatic carbocycles. The normalized spacial score (nSPS) is 12.5. The Labute approximate surface area is 280 Å². The molecule has 0 saturated heterocycles. The summed E-state index contributed by atoms with van der Waals surface area (Å²) in [6.07, 6.45) is 0.878. The molecular weight excluding hydrogens is 645 g/mol. The maximum absolute atomic E-state index is 14.6. The van der Waals surface area contributed by atoms with Crippen molar-refractivity contribution in [3.05, 3.63) is 124 Å². The van der Waals surface area contributed by atoms with Crippen LogP contribution in [0.25, 0.3) is 0 Å². The first kappa shape index (κ1) is 34.8. The van der Waals surface area contributed by atoms with Crippen molar-refractivity contribution in [1.82, 2.24) is 10.2 Å². The van der Waals surface area contributed by atoms with Crippen molar-refractivity contribution in [3.8, 4) is 5.75 Å². The summed E-state index contributed by atoms with van der Waals surface area (Å²) >= 11 is 13.0. The van der Waals surface area contributed by atoms with Gasteiger partial charge >= 0.3 is 0 Å². The van der Waals surface area contributed by atoms with Gasteiger partial charge in [0.15, 0.2) is 0 Å². The van der Waals surface area contributed by atoms with E-state index in [0.29, 0.717) is 22.8 Å². The number of ether oxygens (including phenoxy) is 1. The third-order valence-corrected chi connectivity index (χ3v) is 10.1. The maximum Gasteiger partial charge on any atom is 0.264 e. The Bertz CT molecular complexity index is 1740. The molecule has 0 fully saturated rings. The van der Waals surface area contributed by atoms with E-state index < -0.39 is 28.5 Å². The van der Waals surface area contributed by atoms with Crippen LogP contribution in [0.15, 0.2) is 108 Å². The number of benzene rings is 4. The highest BCUT2D eigenvalue weighted by Crippen LogP contribution is 2.32. The SMILES string of the molecule is CC[C@H](C)NC(=O)[C@@H](Cc1ccccc1)N(Cc1ccccc1Cl)C(=O)CN(c1ccc(OC)c(Cl)c1)S(=O)(=O)c1ccccc1. The summed E-state index contributed by atoms with van der Waals surface area (Å²) in [4.78, 5) is 29.9. The van der Waals surface area contributed by atoms with E-state index in [1.54, 1.807) is 42.5 Å². The van der Waals surface area contributed by atoms with Crippen LogP contribution in [0.4, 0.5) is 5.69 Å². The fourth-order valence-corrected chi connectivity index (χ4v) is 6.74. The van der Waals surface area contributed by atoms with Crippen molar-refractivity contribution in [2.75, 3.05) is 18.0 Å². The van der Waals surface area contributed by atoms with Crippen molar-refractivity contribution in [1.29, 1.82) is 0 Å². The highest BCUT2D eigenvalue weighted by atomic mass is 35.5. The fourth-order valence-electron chi connectivity index (χ4n) is 4.86. The molecule has 11 heteroatoms. The Hall–Kier alpha value is -4.05. The third kappa shape index (κ3) is 8.60. The number of sulfonamides is 1. The highest BCUT2D eigenvalue weighted by molar-refractivity contribution is 7.92. The van der Waals surface area contributed by atoms with Crippen molar-refractivity contribution in [2.24, 2.45) is 0 Å². The Morgan fingerprint density at radius 2 is 1.50 bits per heavy atom. The fraction of sp³-hybridized carbons (Fsp3) is 0.257. The van der Waals surface area contributed by atoms with Gasteiger partial charge in [0.25, 0.3) is 10.0 Å². The zero-order chi connectivity index (χ0) is 33.3. The number of carbonyl (C=O) groups is 2. The van der Waals surface area contributed by atoms with E-state index in [0.717, 1.165) is 9.87 Å². The minimum Gasteiger partial charge on any atom is -0.495 e. The summed E-state index contributed by atoms with van der Waals surface area (Å²) in [6, 6.07) is 27.6. The molecule has 0 heterocycles. The summed E-state index contributed by atoms with van der Waals surface area (Å²) in [5.41, 5.74) is 1.60. The van der Waals surface area contributed by atoms with Crippen LogP contribution in [0, 0.1) is 0 Å². The van der Waals surface area contributed by atoms with E-state index >= 15 is 0 Å². The lowest BCUT2D eigenvalue weighted by Gasteiger charge is -2.34. The van der Waals surface area contributed by atoms with Gasteiger partial charge in [-0.25, -0.2) is 8.42 Å². The number of carbonyl (C=O) groups excluding carboxylic acids is 2. The zero-order valence-electron chi connectivity index (χ0n) is 25.9. The van der Waals surface area contributed by atoms with E-state index in [-0.39, 0.29) is 40.5 Å². The lowest BCUT2D eigenvalue weighted by atomic mass is 10.0. The van der Waals surface area contributed by atoms with Crippen molar-refractivity contribution >= 4 is 50.7 Å². The van der Waals surface area contributed by atoms with Crippen LogP contribution in [0.3, 0.4) is 0 Å². The summed E-state index contributed by atoms with van der Waals surface area (Å²) in [6.45, 7) is 3.19. The minimum atomic E-state index is -4.27. The molecule has 2 amide bonds. The Balaban J connectivity index is 1.83. The van der Waals surface area contributed by atoms with Gasteiger partial charge in [0.2, 0.25) is 11.8 Å². The van der Waals surface area contributed by atoms with Crippen LogP contribution in [0.5, 0.6) is 5.75 Å². The number of amides is 2. The second-order valence-electron chi connectivity index (χ2n) is 10.8. The van der Waals surface area contributed by atoms with Crippen LogP contribution in [0.2, 0.25) is 10.0 Å². The molecule has 1 N–H and O–H groups in total. The van der Waals surface area contributed by atoms with E-state index in [1.165, 1.54) is 42.3 Å². The maximum atomic E-state index is 14.6. The van der Waals surface area contributed by atoms with Gasteiger partial charge in [-0.2, -0.15) is 0 Å². The lowest BCUT2D eigenvalue weighted by Crippen LogP contribution is -2.54. The summed E-state index contributed by atoms with van der Waals surface area (Å²) in [5.74, 6) is -0.617. The van der Waals surface area contributed by atoms with Crippen LogP contribution in [-0.4, -0.2) is 50.9 Å². The predicted molar refractivity (Wildman–Crippen MR) is 183 cm³/mol. The molecule has 2 atom stereocenters. The molecule has 0 aliphatic rings. The Morgan fingerprint density at radius 3 is 2.11 bits per heavy atom. The molecule has 0 saturated carbocycles. The first-order chi connectivity index (χ1) is 22.0. The highest BCUT2D eigenvalue weighted by Gasteiger charge is 2.35. The molecule has 4 aromatic rings. The number of hydrogen-bond acceptors (Lipinski definition) is 5. The molecule has 8 nitrogen and oxygen atoms in total. The van der Waals surface area contributed by atoms with Gasteiger partial charge in [-0.05, 0) is 60.9 Å². The molecule has 0 unspecified atom stereocenters. The van der Waals surface area contributed by atoms with Gasteiger partial charge in [0, 0.05) is 24.0 Å². The van der Waals surface area contributed by atoms with Gasteiger partial charge in [0.1, 0.15) is 18.3 Å².